The van der Waals surface area contributed by atoms with Gasteiger partial charge in [-0.25, -0.2) is 0 Å². The third kappa shape index (κ3) is 3.92. The van der Waals surface area contributed by atoms with Crippen molar-refractivity contribution in [1.29, 1.82) is 0 Å². The molecule has 0 radical (unpaired) electrons. The van der Waals surface area contributed by atoms with Gasteiger partial charge in [-0.2, -0.15) is 0 Å². The Balaban J connectivity index is 1.54. The zero-order valence-electron chi connectivity index (χ0n) is 15.2. The minimum absolute atomic E-state index is 0.0356. The second kappa shape index (κ2) is 7.39. The monoisotopic (exact) mass is 360 g/mol. The zero-order valence-corrected chi connectivity index (χ0v) is 16.0. The first-order valence-electron chi connectivity index (χ1n) is 8.48. The predicted molar refractivity (Wildman–Crippen MR) is 99.6 cm³/mol. The highest BCUT2D eigenvalue weighted by Gasteiger charge is 2.23. The second-order valence-electron chi connectivity index (χ2n) is 6.41. The van der Waals surface area contributed by atoms with Gasteiger partial charge in [-0.1, -0.05) is 23.5 Å². The van der Waals surface area contributed by atoms with Gasteiger partial charge in [0.1, 0.15) is 10.8 Å². The van der Waals surface area contributed by atoms with E-state index in [2.05, 4.69) is 28.1 Å². The Hall–Kier alpha value is -2.15. The van der Waals surface area contributed by atoms with E-state index in [9.17, 15) is 4.79 Å². The van der Waals surface area contributed by atoms with Gasteiger partial charge in [0.05, 0.1) is 0 Å². The summed E-state index contributed by atoms with van der Waals surface area (Å²) in [6, 6.07) is 4.11. The highest BCUT2D eigenvalue weighted by atomic mass is 32.1. The molecule has 1 amide bonds. The third-order valence-corrected chi connectivity index (χ3v) is 5.53. The first kappa shape index (κ1) is 17.7. The zero-order chi connectivity index (χ0) is 18.0. The van der Waals surface area contributed by atoms with E-state index in [1.165, 1.54) is 5.56 Å². The van der Waals surface area contributed by atoms with Crippen molar-refractivity contribution in [3.63, 3.8) is 0 Å². The number of hydrogen-bond donors (Lipinski definition) is 0. The minimum atomic E-state index is 0.0356. The molecule has 0 spiro atoms. The summed E-state index contributed by atoms with van der Waals surface area (Å²) in [5.41, 5.74) is 3.34. The first-order chi connectivity index (χ1) is 12.0. The smallest absolute Gasteiger partial charge is 0.260 e. The number of anilines is 1. The summed E-state index contributed by atoms with van der Waals surface area (Å²) in [6.07, 6.45) is 0. The van der Waals surface area contributed by atoms with Crippen molar-refractivity contribution in [2.24, 2.45) is 0 Å². The maximum absolute atomic E-state index is 12.5. The van der Waals surface area contributed by atoms with Crippen molar-refractivity contribution < 1.29 is 9.53 Å². The fraction of sp³-hybridized carbons (Fsp3) is 0.500. The van der Waals surface area contributed by atoms with E-state index in [4.69, 9.17) is 4.74 Å². The van der Waals surface area contributed by atoms with Crippen molar-refractivity contribution in [2.45, 2.75) is 27.7 Å². The number of aryl methyl sites for hydroxylation is 3. The lowest BCUT2D eigenvalue weighted by atomic mass is 10.1. The van der Waals surface area contributed by atoms with Crippen LogP contribution in [-0.2, 0) is 4.79 Å². The van der Waals surface area contributed by atoms with E-state index >= 15 is 0 Å². The number of piperazine rings is 1. The van der Waals surface area contributed by atoms with E-state index in [-0.39, 0.29) is 12.5 Å². The van der Waals surface area contributed by atoms with E-state index in [1.807, 2.05) is 31.7 Å². The quantitative estimate of drug-likeness (QED) is 0.838. The lowest BCUT2D eigenvalue weighted by molar-refractivity contribution is -0.133. The van der Waals surface area contributed by atoms with Crippen LogP contribution in [0.15, 0.2) is 12.1 Å². The molecule has 0 N–H and O–H groups in total. The molecule has 1 saturated heterocycles. The van der Waals surface area contributed by atoms with Crippen LogP contribution in [-0.4, -0.2) is 53.8 Å². The molecular weight excluding hydrogens is 336 g/mol. The molecule has 0 unspecified atom stereocenters. The molecule has 7 heteroatoms. The summed E-state index contributed by atoms with van der Waals surface area (Å²) in [4.78, 5) is 16.5. The van der Waals surface area contributed by atoms with Gasteiger partial charge in [0, 0.05) is 26.2 Å². The maximum atomic E-state index is 12.5. The molecule has 1 aromatic heterocycles. The van der Waals surface area contributed by atoms with Crippen molar-refractivity contribution >= 4 is 22.4 Å². The van der Waals surface area contributed by atoms with Crippen LogP contribution in [0, 0.1) is 27.7 Å². The van der Waals surface area contributed by atoms with Crippen LogP contribution in [0.1, 0.15) is 21.7 Å². The summed E-state index contributed by atoms with van der Waals surface area (Å²) in [5.74, 6) is 0.865. The number of hydrogen-bond acceptors (Lipinski definition) is 6. The number of carbonyl (C=O) groups is 1. The summed E-state index contributed by atoms with van der Waals surface area (Å²) in [6.45, 7) is 11.1. The van der Waals surface area contributed by atoms with Gasteiger partial charge in [-0.15, -0.1) is 10.2 Å². The Morgan fingerprint density at radius 1 is 1.08 bits per heavy atom. The van der Waals surface area contributed by atoms with E-state index in [0.717, 1.165) is 40.1 Å². The van der Waals surface area contributed by atoms with Crippen LogP contribution >= 0.6 is 11.3 Å². The molecule has 1 fully saturated rings. The van der Waals surface area contributed by atoms with Gasteiger partial charge in [-0.3, -0.25) is 4.79 Å². The van der Waals surface area contributed by atoms with E-state index < -0.39 is 0 Å². The van der Waals surface area contributed by atoms with Gasteiger partial charge < -0.3 is 14.5 Å². The standard InChI is InChI=1S/C18H24N4O2S/c1-12-5-6-13(2)17(14(12)3)24-11-16(23)21-7-9-22(10-8-21)18-20-19-15(4)25-18/h5-6H,7-11H2,1-4H3. The maximum Gasteiger partial charge on any atom is 0.260 e. The largest absolute Gasteiger partial charge is 0.483 e. The molecule has 134 valence electrons. The molecular formula is C18H24N4O2S. The van der Waals surface area contributed by atoms with Crippen molar-refractivity contribution in [3.8, 4) is 5.75 Å². The lowest BCUT2D eigenvalue weighted by Crippen LogP contribution is -2.50. The van der Waals surface area contributed by atoms with Crippen molar-refractivity contribution in [3.05, 3.63) is 33.8 Å². The summed E-state index contributed by atoms with van der Waals surface area (Å²) >= 11 is 1.59. The molecule has 1 aliphatic heterocycles. The highest BCUT2D eigenvalue weighted by Crippen LogP contribution is 2.26. The lowest BCUT2D eigenvalue weighted by Gasteiger charge is -2.34. The Kier molecular flexibility index (Phi) is 5.22. The van der Waals surface area contributed by atoms with Crippen LogP contribution in [0.2, 0.25) is 0 Å². The topological polar surface area (TPSA) is 58.6 Å². The molecule has 1 aliphatic rings. The van der Waals surface area contributed by atoms with Crippen molar-refractivity contribution in [1.82, 2.24) is 15.1 Å². The summed E-state index contributed by atoms with van der Waals surface area (Å²) < 4.78 is 5.85. The van der Waals surface area contributed by atoms with Crippen LogP contribution in [0.4, 0.5) is 5.13 Å². The van der Waals surface area contributed by atoms with Crippen LogP contribution in [0.3, 0.4) is 0 Å². The molecule has 1 aromatic carbocycles. The van der Waals surface area contributed by atoms with Gasteiger partial charge in [0.25, 0.3) is 5.91 Å². The molecule has 2 aromatic rings. The number of aromatic nitrogens is 2. The number of rotatable bonds is 4. The molecule has 3 rings (SSSR count). The van der Waals surface area contributed by atoms with Gasteiger partial charge in [-0.05, 0) is 44.4 Å². The number of amides is 1. The van der Waals surface area contributed by atoms with E-state index in [0.29, 0.717) is 13.1 Å². The molecule has 0 bridgehead atoms. The fourth-order valence-corrected chi connectivity index (χ4v) is 3.67. The Morgan fingerprint density at radius 2 is 1.76 bits per heavy atom. The molecule has 0 atom stereocenters. The normalized spacial score (nSPS) is 14.7. The number of benzene rings is 1. The van der Waals surface area contributed by atoms with Gasteiger partial charge >= 0.3 is 0 Å². The highest BCUT2D eigenvalue weighted by molar-refractivity contribution is 7.15. The van der Waals surface area contributed by atoms with Gasteiger partial charge in [0.15, 0.2) is 6.61 Å². The SMILES string of the molecule is Cc1nnc(N2CCN(C(=O)COc3c(C)ccc(C)c3C)CC2)s1. The minimum Gasteiger partial charge on any atom is -0.483 e. The second-order valence-corrected chi connectivity index (χ2v) is 7.57. The molecule has 6 nitrogen and oxygen atoms in total. The van der Waals surface area contributed by atoms with Gasteiger partial charge in [0.2, 0.25) is 5.13 Å². The Morgan fingerprint density at radius 3 is 2.40 bits per heavy atom. The molecule has 2 heterocycles. The number of ether oxygens (including phenoxy) is 1. The third-order valence-electron chi connectivity index (χ3n) is 4.63. The molecule has 0 saturated carbocycles. The molecule has 25 heavy (non-hydrogen) atoms. The van der Waals surface area contributed by atoms with Crippen molar-refractivity contribution in [2.75, 3.05) is 37.7 Å². The van der Waals surface area contributed by atoms with Crippen LogP contribution in [0.25, 0.3) is 0 Å². The van der Waals surface area contributed by atoms with E-state index in [1.54, 1.807) is 11.3 Å². The Bertz CT molecular complexity index is 766. The number of carbonyl (C=O) groups excluding carboxylic acids is 1. The predicted octanol–water partition coefficient (Wildman–Crippen LogP) is 2.50. The summed E-state index contributed by atoms with van der Waals surface area (Å²) in [7, 11) is 0. The fourth-order valence-electron chi connectivity index (χ4n) is 2.93. The average Bonchev–Trinajstić information content (AvgIpc) is 3.05. The van der Waals surface area contributed by atoms with Crippen LogP contribution in [0.5, 0.6) is 5.75 Å². The first-order valence-corrected chi connectivity index (χ1v) is 9.30. The van der Waals surface area contributed by atoms with Crippen LogP contribution < -0.4 is 9.64 Å². The molecule has 0 aliphatic carbocycles. The average molecular weight is 360 g/mol. The Labute approximate surface area is 152 Å². The summed E-state index contributed by atoms with van der Waals surface area (Å²) in [5, 5.41) is 10.1. The number of nitrogens with zero attached hydrogens (tertiary/aromatic N) is 4.